The molecule has 9 nitrogen and oxygen atoms in total. The van der Waals surface area contributed by atoms with Crippen LogP contribution in [0.3, 0.4) is 0 Å². The van der Waals surface area contributed by atoms with Gasteiger partial charge in [-0.15, -0.1) is 11.3 Å². The van der Waals surface area contributed by atoms with Crippen LogP contribution in [-0.2, 0) is 4.79 Å². The molecule has 0 radical (unpaired) electrons. The Balaban J connectivity index is 1.03. The largest absolute Gasteiger partial charge is 0.496 e. The normalized spacial score (nSPS) is 19.8. The molecule has 238 valence electrons. The Bertz CT molecular complexity index is 1510. The zero-order valence-corrected chi connectivity index (χ0v) is 27.0. The number of ether oxygens (including phenoxy) is 1. The van der Waals surface area contributed by atoms with Crippen molar-refractivity contribution in [3.8, 4) is 17.0 Å². The fourth-order valence-corrected chi connectivity index (χ4v) is 7.85. The monoisotopic (exact) mass is 629 g/mol. The Morgan fingerprint density at radius 1 is 0.911 bits per heavy atom. The van der Waals surface area contributed by atoms with Crippen molar-refractivity contribution in [1.29, 1.82) is 0 Å². The number of likely N-dealkylation sites (tertiary alicyclic amines) is 2. The summed E-state index contributed by atoms with van der Waals surface area (Å²) in [6, 6.07) is 13.9. The van der Waals surface area contributed by atoms with Gasteiger partial charge < -0.3 is 15.0 Å². The second-order valence-corrected chi connectivity index (χ2v) is 13.4. The summed E-state index contributed by atoms with van der Waals surface area (Å²) < 4.78 is 5.65. The van der Waals surface area contributed by atoms with Crippen molar-refractivity contribution in [3.63, 3.8) is 0 Å². The van der Waals surface area contributed by atoms with Crippen LogP contribution in [0.2, 0.25) is 0 Å². The maximum Gasteiger partial charge on any atom is 0.257 e. The van der Waals surface area contributed by atoms with Crippen molar-refractivity contribution in [1.82, 2.24) is 20.1 Å². The fourth-order valence-electron chi connectivity index (χ4n) is 7.14. The summed E-state index contributed by atoms with van der Waals surface area (Å²) >= 11 is 1.39. The van der Waals surface area contributed by atoms with Gasteiger partial charge in [0.15, 0.2) is 5.13 Å². The number of amides is 3. The lowest BCUT2D eigenvalue weighted by molar-refractivity contribution is -0.119. The summed E-state index contributed by atoms with van der Waals surface area (Å²) in [6.07, 6.45) is 9.12. The van der Waals surface area contributed by atoms with Crippen LogP contribution in [0.4, 0.5) is 5.13 Å². The van der Waals surface area contributed by atoms with Crippen molar-refractivity contribution in [2.45, 2.75) is 76.3 Å². The van der Waals surface area contributed by atoms with E-state index in [2.05, 4.69) is 27.7 Å². The number of anilines is 1. The van der Waals surface area contributed by atoms with Crippen molar-refractivity contribution in [2.75, 3.05) is 38.6 Å². The predicted molar refractivity (Wildman–Crippen MR) is 177 cm³/mol. The minimum absolute atomic E-state index is 0.00748. The van der Waals surface area contributed by atoms with Gasteiger partial charge in [-0.1, -0.05) is 25.3 Å². The third-order valence-electron chi connectivity index (χ3n) is 9.59. The smallest absolute Gasteiger partial charge is 0.257 e. The number of benzene rings is 2. The van der Waals surface area contributed by atoms with Gasteiger partial charge in [0.1, 0.15) is 5.75 Å². The fraction of sp³-hybridized carbons (Fsp3) is 0.486. The van der Waals surface area contributed by atoms with Gasteiger partial charge in [-0.05, 0) is 80.0 Å². The first kappa shape index (κ1) is 31.2. The summed E-state index contributed by atoms with van der Waals surface area (Å²) in [4.78, 5) is 46.8. The first-order valence-electron chi connectivity index (χ1n) is 16.2. The molecule has 1 unspecified atom stereocenters. The molecule has 2 aliphatic heterocycles. The Labute approximate surface area is 269 Å². The Morgan fingerprint density at radius 2 is 1.64 bits per heavy atom. The van der Waals surface area contributed by atoms with Gasteiger partial charge in [0, 0.05) is 67.3 Å². The molecule has 0 spiro atoms. The number of nitrogens with one attached hydrogen (secondary N) is 2. The predicted octanol–water partition coefficient (Wildman–Crippen LogP) is 5.93. The van der Waals surface area contributed by atoms with Gasteiger partial charge in [-0.25, -0.2) is 4.98 Å². The number of aromatic nitrogens is 1. The molecule has 1 saturated carbocycles. The van der Waals surface area contributed by atoms with E-state index < -0.39 is 0 Å². The lowest BCUT2D eigenvalue weighted by atomic mass is 9.83. The van der Waals surface area contributed by atoms with Crippen molar-refractivity contribution in [2.24, 2.45) is 0 Å². The van der Waals surface area contributed by atoms with Gasteiger partial charge >= 0.3 is 0 Å². The number of rotatable bonds is 8. The summed E-state index contributed by atoms with van der Waals surface area (Å²) in [6.45, 7) is 4.84. The quantitative estimate of drug-likeness (QED) is 0.320. The number of piperidine rings is 1. The molecule has 2 aromatic carbocycles. The molecule has 3 aromatic rings. The second kappa shape index (κ2) is 14.1. The molecule has 1 atom stereocenters. The van der Waals surface area contributed by atoms with E-state index in [9.17, 15) is 14.4 Å². The second-order valence-electron chi connectivity index (χ2n) is 12.6. The number of hydrogen-bond donors (Lipinski definition) is 2. The molecule has 1 aliphatic carbocycles. The van der Waals surface area contributed by atoms with Gasteiger partial charge in [0.25, 0.3) is 11.8 Å². The molecular formula is C35H43N5O4S. The maximum absolute atomic E-state index is 13.2. The molecule has 2 saturated heterocycles. The Morgan fingerprint density at radius 3 is 2.36 bits per heavy atom. The number of hydrogen-bond acceptors (Lipinski definition) is 7. The van der Waals surface area contributed by atoms with Crippen LogP contribution in [0, 0.1) is 0 Å². The maximum atomic E-state index is 13.2. The third kappa shape index (κ3) is 7.39. The van der Waals surface area contributed by atoms with Crippen LogP contribution < -0.4 is 15.4 Å². The van der Waals surface area contributed by atoms with Crippen LogP contribution in [-0.4, -0.2) is 77.9 Å². The molecular weight excluding hydrogens is 586 g/mol. The molecule has 45 heavy (non-hydrogen) atoms. The molecule has 6 rings (SSSR count). The van der Waals surface area contributed by atoms with Crippen LogP contribution in [0.1, 0.15) is 90.5 Å². The topological polar surface area (TPSA) is 104 Å². The molecule has 3 aliphatic rings. The highest BCUT2D eigenvalue weighted by molar-refractivity contribution is 7.14. The van der Waals surface area contributed by atoms with E-state index in [4.69, 9.17) is 9.72 Å². The highest BCUT2D eigenvalue weighted by Gasteiger charge is 2.32. The highest BCUT2D eigenvalue weighted by Crippen LogP contribution is 2.38. The number of carbonyl (C=O) groups excluding carboxylic acids is 3. The van der Waals surface area contributed by atoms with Crippen LogP contribution in [0.15, 0.2) is 47.8 Å². The number of nitrogens with zero attached hydrogens (tertiary/aromatic N) is 3. The van der Waals surface area contributed by atoms with Crippen molar-refractivity contribution < 1.29 is 19.1 Å². The Kier molecular flexibility index (Phi) is 9.80. The Hall–Kier alpha value is -3.76. The molecule has 0 bridgehead atoms. The first-order valence-corrected chi connectivity index (χ1v) is 17.1. The van der Waals surface area contributed by atoms with Gasteiger partial charge in [-0.2, -0.15) is 0 Å². The van der Waals surface area contributed by atoms with E-state index >= 15 is 0 Å². The van der Waals surface area contributed by atoms with E-state index in [0.717, 1.165) is 49.4 Å². The summed E-state index contributed by atoms with van der Waals surface area (Å²) in [7, 11) is 1.67. The first-order chi connectivity index (χ1) is 21.9. The highest BCUT2D eigenvalue weighted by atomic mass is 32.1. The third-order valence-corrected chi connectivity index (χ3v) is 10.3. The van der Waals surface area contributed by atoms with E-state index in [1.165, 1.54) is 49.0 Å². The van der Waals surface area contributed by atoms with Gasteiger partial charge in [0.2, 0.25) is 5.91 Å². The van der Waals surface area contributed by atoms with Crippen LogP contribution in [0.25, 0.3) is 11.3 Å². The average molecular weight is 630 g/mol. The van der Waals surface area contributed by atoms with Gasteiger partial charge in [0.05, 0.1) is 12.8 Å². The molecule has 10 heteroatoms. The van der Waals surface area contributed by atoms with E-state index in [1.54, 1.807) is 38.3 Å². The molecule has 3 amide bonds. The van der Waals surface area contributed by atoms with Crippen molar-refractivity contribution >= 4 is 34.2 Å². The summed E-state index contributed by atoms with van der Waals surface area (Å²) in [5, 5.41) is 8.42. The van der Waals surface area contributed by atoms with E-state index in [1.807, 2.05) is 16.3 Å². The minimum Gasteiger partial charge on any atom is -0.496 e. The number of thiazole rings is 1. The van der Waals surface area contributed by atoms with Crippen molar-refractivity contribution in [3.05, 3.63) is 64.5 Å². The average Bonchev–Trinajstić information content (AvgIpc) is 3.74. The molecule has 3 fully saturated rings. The number of carbonyl (C=O) groups is 3. The molecule has 3 heterocycles. The minimum atomic E-state index is -0.262. The van der Waals surface area contributed by atoms with Gasteiger partial charge in [-0.3, -0.25) is 24.6 Å². The SMILES string of the molecule is COc1ccc(C2CCCCC2)cc1-c1csc(NC(=O)c2ccc(C(=O)N3CCC(N4CCC(NC(C)=O)C4)CC3)cc2)n1. The van der Waals surface area contributed by atoms with Crippen LogP contribution >= 0.6 is 11.3 Å². The number of methoxy groups -OCH3 is 1. The zero-order chi connectivity index (χ0) is 31.3. The molecule has 2 N–H and O–H groups in total. The lowest BCUT2D eigenvalue weighted by Crippen LogP contribution is -2.47. The standard InChI is InChI=1S/C35H43N5O4S/c1-23(41)36-28-14-17-40(21-28)29-15-18-39(19-16-29)34(43)26-10-8-25(9-11-26)33(42)38-35-37-31(22-45-35)30-20-27(12-13-32(30)44-2)24-6-4-3-5-7-24/h8-13,20,22,24,28-29H,3-7,14-19,21H2,1-2H3,(H,36,41)(H,37,38,42). The lowest BCUT2D eigenvalue weighted by Gasteiger charge is -2.36. The zero-order valence-electron chi connectivity index (χ0n) is 26.2. The summed E-state index contributed by atoms with van der Waals surface area (Å²) in [5.41, 5.74) is 4.11. The molecule has 1 aromatic heterocycles. The van der Waals surface area contributed by atoms with E-state index in [0.29, 0.717) is 41.3 Å². The summed E-state index contributed by atoms with van der Waals surface area (Å²) in [5.74, 6) is 1.10. The van der Waals surface area contributed by atoms with E-state index in [-0.39, 0.29) is 23.8 Å². The van der Waals surface area contributed by atoms with Crippen LogP contribution in [0.5, 0.6) is 5.75 Å².